The second-order valence-corrected chi connectivity index (χ2v) is 3.22. The summed E-state index contributed by atoms with van der Waals surface area (Å²) in [5.41, 5.74) is -1.10. The van der Waals surface area contributed by atoms with E-state index in [-0.39, 0.29) is 16.9 Å². The van der Waals surface area contributed by atoms with Gasteiger partial charge in [0, 0.05) is 11.6 Å². The molecular formula is C10H8N2O6. The highest BCUT2D eigenvalue weighted by Gasteiger charge is 2.26. The number of nitro groups is 1. The van der Waals surface area contributed by atoms with Crippen LogP contribution in [0.15, 0.2) is 12.1 Å². The molecule has 0 aliphatic heterocycles. The summed E-state index contributed by atoms with van der Waals surface area (Å²) >= 11 is 0. The molecule has 1 atom stereocenters. The SMILES string of the molecule is COc1cc([N+](=O)[O-])cc(C(O)C(=O)O)c1C#N. The van der Waals surface area contributed by atoms with Gasteiger partial charge < -0.3 is 14.9 Å². The lowest BCUT2D eigenvalue weighted by atomic mass is 10.0. The van der Waals surface area contributed by atoms with Gasteiger partial charge in [-0.15, -0.1) is 0 Å². The minimum Gasteiger partial charge on any atom is -0.495 e. The van der Waals surface area contributed by atoms with Gasteiger partial charge in [0.15, 0.2) is 6.10 Å². The number of hydrogen-bond donors (Lipinski definition) is 2. The summed E-state index contributed by atoms with van der Waals surface area (Å²) in [5.74, 6) is -1.78. The Morgan fingerprint density at radius 1 is 1.61 bits per heavy atom. The van der Waals surface area contributed by atoms with Gasteiger partial charge in [0.25, 0.3) is 5.69 Å². The van der Waals surface area contributed by atoms with Crippen LogP contribution in [0.4, 0.5) is 5.69 Å². The Kier molecular flexibility index (Phi) is 3.81. The average molecular weight is 252 g/mol. The average Bonchev–Trinajstić information content (AvgIpc) is 2.35. The number of carboxylic acids is 1. The quantitative estimate of drug-likeness (QED) is 0.591. The predicted molar refractivity (Wildman–Crippen MR) is 57.0 cm³/mol. The third kappa shape index (κ3) is 2.36. The van der Waals surface area contributed by atoms with E-state index in [1.807, 2.05) is 0 Å². The molecule has 0 spiro atoms. The van der Waals surface area contributed by atoms with Crippen molar-refractivity contribution in [2.24, 2.45) is 0 Å². The van der Waals surface area contributed by atoms with Crippen LogP contribution in [0.1, 0.15) is 17.2 Å². The number of nitrogens with zero attached hydrogens (tertiary/aromatic N) is 2. The molecule has 0 bridgehead atoms. The van der Waals surface area contributed by atoms with Gasteiger partial charge in [-0.1, -0.05) is 0 Å². The highest BCUT2D eigenvalue weighted by Crippen LogP contribution is 2.31. The van der Waals surface area contributed by atoms with Crippen LogP contribution in [0.3, 0.4) is 0 Å². The second kappa shape index (κ2) is 5.11. The molecule has 0 fully saturated rings. The molecule has 8 nitrogen and oxygen atoms in total. The van der Waals surface area contributed by atoms with Crippen molar-refractivity contribution >= 4 is 11.7 Å². The number of carboxylic acid groups (broad SMARTS) is 1. The van der Waals surface area contributed by atoms with Crippen molar-refractivity contribution < 1.29 is 24.7 Å². The lowest BCUT2D eigenvalue weighted by Crippen LogP contribution is -2.13. The van der Waals surface area contributed by atoms with Crippen molar-refractivity contribution in [2.75, 3.05) is 7.11 Å². The molecule has 94 valence electrons. The van der Waals surface area contributed by atoms with Crippen LogP contribution < -0.4 is 4.74 Å². The summed E-state index contributed by atoms with van der Waals surface area (Å²) in [4.78, 5) is 20.6. The van der Waals surface area contributed by atoms with Crippen molar-refractivity contribution in [2.45, 2.75) is 6.10 Å². The fourth-order valence-electron chi connectivity index (χ4n) is 1.36. The van der Waals surface area contributed by atoms with E-state index in [9.17, 15) is 20.0 Å². The van der Waals surface area contributed by atoms with Crippen molar-refractivity contribution in [3.05, 3.63) is 33.4 Å². The molecule has 0 aliphatic rings. The van der Waals surface area contributed by atoms with Gasteiger partial charge in [0.1, 0.15) is 17.4 Å². The first-order chi connectivity index (χ1) is 8.42. The number of aliphatic carboxylic acids is 1. The summed E-state index contributed by atoms with van der Waals surface area (Å²) < 4.78 is 4.77. The third-order valence-electron chi connectivity index (χ3n) is 2.19. The number of hydrogen-bond acceptors (Lipinski definition) is 6. The molecule has 1 aromatic carbocycles. The Labute approximate surface area is 101 Å². The number of nitriles is 1. The van der Waals surface area contributed by atoms with E-state index in [2.05, 4.69) is 0 Å². The Hall–Kier alpha value is -2.66. The van der Waals surface area contributed by atoms with Gasteiger partial charge >= 0.3 is 5.97 Å². The standard InChI is InChI=1S/C10H8N2O6/c1-18-8-3-5(12(16)17)2-6(7(8)4-11)9(13)10(14)15/h2-3,9,13H,1H3,(H,14,15). The Morgan fingerprint density at radius 2 is 2.22 bits per heavy atom. The van der Waals surface area contributed by atoms with Crippen LogP contribution in [0.25, 0.3) is 0 Å². The van der Waals surface area contributed by atoms with Gasteiger partial charge in [-0.2, -0.15) is 5.26 Å². The molecule has 8 heteroatoms. The number of carbonyl (C=O) groups is 1. The van der Waals surface area contributed by atoms with Gasteiger partial charge in [-0.3, -0.25) is 10.1 Å². The molecule has 0 aromatic heterocycles. The van der Waals surface area contributed by atoms with Crippen LogP contribution in [0, 0.1) is 21.4 Å². The Bertz CT molecular complexity index is 548. The Balaban J connectivity index is 3.56. The summed E-state index contributed by atoms with van der Waals surface area (Å²) in [6.45, 7) is 0. The molecule has 2 N–H and O–H groups in total. The van der Waals surface area contributed by atoms with Crippen LogP contribution in [0.5, 0.6) is 5.75 Å². The van der Waals surface area contributed by atoms with E-state index in [0.717, 1.165) is 12.1 Å². The molecule has 0 amide bonds. The lowest BCUT2D eigenvalue weighted by Gasteiger charge is -2.11. The maximum atomic E-state index is 10.7. The van der Waals surface area contributed by atoms with Gasteiger partial charge in [0.05, 0.1) is 18.1 Å². The molecule has 18 heavy (non-hydrogen) atoms. The van der Waals surface area contributed by atoms with Crippen molar-refractivity contribution in [1.82, 2.24) is 0 Å². The van der Waals surface area contributed by atoms with Crippen molar-refractivity contribution in [1.29, 1.82) is 5.26 Å². The molecule has 0 saturated carbocycles. The first-order valence-corrected chi connectivity index (χ1v) is 4.59. The number of benzene rings is 1. The van der Waals surface area contributed by atoms with E-state index in [0.29, 0.717) is 0 Å². The topological polar surface area (TPSA) is 134 Å². The van der Waals surface area contributed by atoms with Crippen LogP contribution >= 0.6 is 0 Å². The van der Waals surface area contributed by atoms with E-state index < -0.39 is 22.7 Å². The lowest BCUT2D eigenvalue weighted by molar-refractivity contribution is -0.385. The third-order valence-corrected chi connectivity index (χ3v) is 2.19. The van der Waals surface area contributed by atoms with E-state index >= 15 is 0 Å². The molecule has 0 radical (unpaired) electrons. The number of aliphatic hydroxyl groups excluding tert-OH is 1. The summed E-state index contributed by atoms with van der Waals surface area (Å²) in [7, 11) is 1.18. The number of rotatable bonds is 4. The maximum Gasteiger partial charge on any atom is 0.337 e. The first kappa shape index (κ1) is 13.4. The van der Waals surface area contributed by atoms with Gasteiger partial charge in [0.2, 0.25) is 0 Å². The minimum atomic E-state index is -2.03. The van der Waals surface area contributed by atoms with Crippen LogP contribution in [-0.4, -0.2) is 28.2 Å². The number of ether oxygens (including phenoxy) is 1. The maximum absolute atomic E-state index is 10.7. The zero-order valence-electron chi connectivity index (χ0n) is 9.15. The zero-order chi connectivity index (χ0) is 13.9. The predicted octanol–water partition coefficient (Wildman–Crippen LogP) is 0.593. The fraction of sp³-hybridized carbons (Fsp3) is 0.200. The van der Waals surface area contributed by atoms with Crippen LogP contribution in [-0.2, 0) is 4.79 Å². The molecule has 1 aromatic rings. The normalized spacial score (nSPS) is 11.4. The minimum absolute atomic E-state index is 0.165. The highest BCUT2D eigenvalue weighted by molar-refractivity contribution is 5.76. The smallest absolute Gasteiger partial charge is 0.337 e. The van der Waals surface area contributed by atoms with Crippen LogP contribution in [0.2, 0.25) is 0 Å². The number of methoxy groups -OCH3 is 1. The zero-order valence-corrected chi connectivity index (χ0v) is 9.15. The largest absolute Gasteiger partial charge is 0.495 e. The summed E-state index contributed by atoms with van der Waals surface area (Å²) in [5, 5.41) is 37.6. The van der Waals surface area contributed by atoms with Crippen molar-refractivity contribution in [3.63, 3.8) is 0 Å². The number of nitro benzene ring substituents is 1. The number of non-ortho nitro benzene ring substituents is 1. The summed E-state index contributed by atoms with van der Waals surface area (Å²) in [6, 6.07) is 3.46. The molecule has 1 unspecified atom stereocenters. The van der Waals surface area contributed by atoms with E-state index in [4.69, 9.17) is 15.1 Å². The molecule has 0 heterocycles. The van der Waals surface area contributed by atoms with Gasteiger partial charge in [-0.05, 0) is 0 Å². The second-order valence-electron chi connectivity index (χ2n) is 3.22. The molecule has 0 aliphatic carbocycles. The van der Waals surface area contributed by atoms with E-state index in [1.54, 1.807) is 6.07 Å². The monoisotopic (exact) mass is 252 g/mol. The fourth-order valence-corrected chi connectivity index (χ4v) is 1.36. The molecule has 0 saturated heterocycles. The molecular weight excluding hydrogens is 244 g/mol. The summed E-state index contributed by atoms with van der Waals surface area (Å²) in [6.07, 6.45) is -2.03. The first-order valence-electron chi connectivity index (χ1n) is 4.59. The van der Waals surface area contributed by atoms with Crippen molar-refractivity contribution in [3.8, 4) is 11.8 Å². The van der Waals surface area contributed by atoms with E-state index in [1.165, 1.54) is 7.11 Å². The Morgan fingerprint density at radius 3 is 2.61 bits per heavy atom. The highest BCUT2D eigenvalue weighted by atomic mass is 16.6. The molecule has 1 rings (SSSR count). The number of aliphatic hydroxyl groups is 1. The van der Waals surface area contributed by atoms with Gasteiger partial charge in [-0.25, -0.2) is 4.79 Å².